The van der Waals surface area contributed by atoms with Crippen molar-refractivity contribution in [3.63, 3.8) is 0 Å². The molecule has 0 aromatic heterocycles. The van der Waals surface area contributed by atoms with Crippen molar-refractivity contribution >= 4 is 6.03 Å². The summed E-state index contributed by atoms with van der Waals surface area (Å²) < 4.78 is 0. The van der Waals surface area contributed by atoms with E-state index in [1.54, 1.807) is 0 Å². The van der Waals surface area contributed by atoms with Crippen molar-refractivity contribution in [2.75, 3.05) is 19.6 Å². The first-order valence-corrected chi connectivity index (χ1v) is 7.66. The maximum absolute atomic E-state index is 11.8. The molecule has 1 aliphatic heterocycles. The highest BCUT2D eigenvalue weighted by Gasteiger charge is 2.26. The van der Waals surface area contributed by atoms with Crippen molar-refractivity contribution in [2.24, 2.45) is 0 Å². The molecule has 20 heavy (non-hydrogen) atoms. The Bertz CT molecular complexity index is 438. The van der Waals surface area contributed by atoms with Crippen molar-refractivity contribution in [3.05, 3.63) is 35.9 Å². The average molecular weight is 273 g/mol. The molecule has 0 bridgehead atoms. The number of nitrogens with zero attached hydrogens (tertiary/aromatic N) is 1. The van der Waals surface area contributed by atoms with Gasteiger partial charge in [0.1, 0.15) is 0 Å². The molecule has 2 amide bonds. The molecule has 108 valence electrons. The molecule has 1 saturated heterocycles. The molecule has 1 aromatic rings. The third kappa shape index (κ3) is 3.51. The standard InChI is InChI=1S/C16H23N3O/c20-16(18-14-8-9-14)17-12-15(19-10-4-5-11-19)13-6-2-1-3-7-13/h1-3,6-7,14-15H,4-5,8-12H2,(H2,17,18,20)/t15-/m0/s1. The van der Waals surface area contributed by atoms with Crippen LogP contribution in [-0.2, 0) is 0 Å². The summed E-state index contributed by atoms with van der Waals surface area (Å²) in [7, 11) is 0. The zero-order chi connectivity index (χ0) is 13.8. The number of carbonyl (C=O) groups excluding carboxylic acids is 1. The number of hydrogen-bond donors (Lipinski definition) is 2. The van der Waals surface area contributed by atoms with E-state index in [1.165, 1.54) is 18.4 Å². The first-order chi connectivity index (χ1) is 9.83. The minimum atomic E-state index is -0.0207. The van der Waals surface area contributed by atoms with Crippen LogP contribution in [0.5, 0.6) is 0 Å². The van der Waals surface area contributed by atoms with Gasteiger partial charge >= 0.3 is 6.03 Å². The molecule has 4 heteroatoms. The van der Waals surface area contributed by atoms with Crippen LogP contribution in [0.2, 0.25) is 0 Å². The number of amides is 2. The maximum Gasteiger partial charge on any atom is 0.315 e. The number of urea groups is 1. The molecule has 1 saturated carbocycles. The molecule has 0 unspecified atom stereocenters. The minimum Gasteiger partial charge on any atom is -0.336 e. The quantitative estimate of drug-likeness (QED) is 0.864. The average Bonchev–Trinajstić information content (AvgIpc) is 3.12. The van der Waals surface area contributed by atoms with Gasteiger partial charge in [-0.05, 0) is 44.3 Å². The van der Waals surface area contributed by atoms with Crippen LogP contribution in [0.25, 0.3) is 0 Å². The Morgan fingerprint density at radius 1 is 1.20 bits per heavy atom. The number of hydrogen-bond acceptors (Lipinski definition) is 2. The largest absolute Gasteiger partial charge is 0.336 e. The van der Waals surface area contributed by atoms with E-state index in [4.69, 9.17) is 0 Å². The van der Waals surface area contributed by atoms with E-state index < -0.39 is 0 Å². The number of likely N-dealkylation sites (tertiary alicyclic amines) is 1. The molecule has 1 aromatic carbocycles. The Labute approximate surface area is 120 Å². The van der Waals surface area contributed by atoms with Gasteiger partial charge in [0, 0.05) is 12.6 Å². The summed E-state index contributed by atoms with van der Waals surface area (Å²) >= 11 is 0. The second-order valence-corrected chi connectivity index (χ2v) is 5.80. The molecular weight excluding hydrogens is 250 g/mol. The highest BCUT2D eigenvalue weighted by molar-refractivity contribution is 5.74. The van der Waals surface area contributed by atoms with E-state index >= 15 is 0 Å². The van der Waals surface area contributed by atoms with E-state index in [1.807, 2.05) is 6.07 Å². The lowest BCUT2D eigenvalue weighted by atomic mass is 10.1. The summed E-state index contributed by atoms with van der Waals surface area (Å²) in [6, 6.07) is 11.2. The molecule has 2 aliphatic rings. The number of nitrogens with one attached hydrogen (secondary N) is 2. The first-order valence-electron chi connectivity index (χ1n) is 7.66. The van der Waals surface area contributed by atoms with Crippen LogP contribution in [0, 0.1) is 0 Å². The predicted octanol–water partition coefficient (Wildman–Crippen LogP) is 2.29. The summed E-state index contributed by atoms with van der Waals surface area (Å²) in [5, 5.41) is 6.02. The molecule has 1 atom stereocenters. The Balaban J connectivity index is 1.60. The van der Waals surface area contributed by atoms with Crippen LogP contribution in [-0.4, -0.2) is 36.6 Å². The molecule has 3 rings (SSSR count). The van der Waals surface area contributed by atoms with Gasteiger partial charge in [-0.3, -0.25) is 4.90 Å². The van der Waals surface area contributed by atoms with E-state index in [2.05, 4.69) is 39.8 Å². The molecule has 0 radical (unpaired) electrons. The fourth-order valence-corrected chi connectivity index (χ4v) is 2.84. The molecule has 2 fully saturated rings. The minimum absolute atomic E-state index is 0.0207. The van der Waals surface area contributed by atoms with Crippen molar-refractivity contribution in [3.8, 4) is 0 Å². The smallest absolute Gasteiger partial charge is 0.315 e. The summed E-state index contributed by atoms with van der Waals surface area (Å²) in [5.41, 5.74) is 1.29. The molecule has 0 spiro atoms. The second kappa shape index (κ2) is 6.27. The van der Waals surface area contributed by atoms with Gasteiger partial charge in [0.15, 0.2) is 0 Å². The van der Waals surface area contributed by atoms with E-state index in [0.29, 0.717) is 18.6 Å². The molecule has 1 heterocycles. The van der Waals surface area contributed by atoms with Crippen LogP contribution >= 0.6 is 0 Å². The van der Waals surface area contributed by atoms with Crippen LogP contribution in [0.1, 0.15) is 37.3 Å². The number of carbonyl (C=O) groups is 1. The highest BCUT2D eigenvalue weighted by Crippen LogP contribution is 2.24. The second-order valence-electron chi connectivity index (χ2n) is 5.80. The van der Waals surface area contributed by atoms with Gasteiger partial charge < -0.3 is 10.6 Å². The Hall–Kier alpha value is -1.55. The van der Waals surface area contributed by atoms with E-state index in [-0.39, 0.29) is 6.03 Å². The molecule has 1 aliphatic carbocycles. The fraction of sp³-hybridized carbons (Fsp3) is 0.562. The zero-order valence-electron chi connectivity index (χ0n) is 11.8. The van der Waals surface area contributed by atoms with E-state index in [9.17, 15) is 4.79 Å². The van der Waals surface area contributed by atoms with Crippen LogP contribution in [0.4, 0.5) is 4.79 Å². The summed E-state index contributed by atoms with van der Waals surface area (Å²) in [6.45, 7) is 2.94. The van der Waals surface area contributed by atoms with Gasteiger partial charge in [-0.2, -0.15) is 0 Å². The van der Waals surface area contributed by atoms with Crippen molar-refractivity contribution in [1.82, 2.24) is 15.5 Å². The van der Waals surface area contributed by atoms with Gasteiger partial charge in [0.25, 0.3) is 0 Å². The summed E-state index contributed by atoms with van der Waals surface area (Å²) in [5.74, 6) is 0. The Kier molecular flexibility index (Phi) is 4.21. The topological polar surface area (TPSA) is 44.4 Å². The summed E-state index contributed by atoms with van der Waals surface area (Å²) in [6.07, 6.45) is 4.78. The number of benzene rings is 1. The van der Waals surface area contributed by atoms with Crippen molar-refractivity contribution in [2.45, 2.75) is 37.8 Å². The molecular formula is C16H23N3O. The highest BCUT2D eigenvalue weighted by atomic mass is 16.2. The van der Waals surface area contributed by atoms with Gasteiger partial charge in [0.05, 0.1) is 6.04 Å². The lowest BCUT2D eigenvalue weighted by Crippen LogP contribution is -2.42. The lowest BCUT2D eigenvalue weighted by molar-refractivity contribution is 0.220. The molecule has 4 nitrogen and oxygen atoms in total. The SMILES string of the molecule is O=C(NC[C@@H](c1ccccc1)N1CCCC1)NC1CC1. The monoisotopic (exact) mass is 273 g/mol. The van der Waals surface area contributed by atoms with Gasteiger partial charge in [-0.1, -0.05) is 30.3 Å². The fourth-order valence-electron chi connectivity index (χ4n) is 2.84. The lowest BCUT2D eigenvalue weighted by Gasteiger charge is -2.28. The zero-order valence-corrected chi connectivity index (χ0v) is 11.8. The van der Waals surface area contributed by atoms with Crippen molar-refractivity contribution < 1.29 is 4.79 Å². The summed E-state index contributed by atoms with van der Waals surface area (Å²) in [4.78, 5) is 14.3. The van der Waals surface area contributed by atoms with Gasteiger partial charge in [-0.25, -0.2) is 4.79 Å². The van der Waals surface area contributed by atoms with Gasteiger partial charge in [-0.15, -0.1) is 0 Å². The maximum atomic E-state index is 11.8. The first kappa shape index (κ1) is 13.4. The normalized spacial score (nSPS) is 20.6. The third-order valence-electron chi connectivity index (χ3n) is 4.13. The van der Waals surface area contributed by atoms with Crippen LogP contribution in [0.15, 0.2) is 30.3 Å². The third-order valence-corrected chi connectivity index (χ3v) is 4.13. The predicted molar refractivity (Wildman–Crippen MR) is 79.5 cm³/mol. The Morgan fingerprint density at radius 3 is 2.55 bits per heavy atom. The van der Waals surface area contributed by atoms with Crippen molar-refractivity contribution in [1.29, 1.82) is 0 Å². The number of rotatable bonds is 5. The van der Waals surface area contributed by atoms with E-state index in [0.717, 1.165) is 25.9 Å². The Morgan fingerprint density at radius 2 is 1.90 bits per heavy atom. The van der Waals surface area contributed by atoms with Crippen LogP contribution in [0.3, 0.4) is 0 Å². The van der Waals surface area contributed by atoms with Gasteiger partial charge in [0.2, 0.25) is 0 Å². The molecule has 2 N–H and O–H groups in total. The van der Waals surface area contributed by atoms with Crippen LogP contribution < -0.4 is 10.6 Å².